The summed E-state index contributed by atoms with van der Waals surface area (Å²) in [6.07, 6.45) is -2.12. The van der Waals surface area contributed by atoms with E-state index in [0.717, 1.165) is 31.5 Å². The summed E-state index contributed by atoms with van der Waals surface area (Å²) < 4.78 is 43.4. The van der Waals surface area contributed by atoms with Gasteiger partial charge >= 0.3 is 6.18 Å². The molecule has 2 heterocycles. The molecule has 0 radical (unpaired) electrons. The quantitative estimate of drug-likeness (QED) is 0.857. The molecule has 1 fully saturated rings. The van der Waals surface area contributed by atoms with E-state index in [1.807, 2.05) is 0 Å². The van der Waals surface area contributed by atoms with E-state index in [0.29, 0.717) is 24.1 Å². The standard InChI is InChI=1S/C14H15F3N2O/c1-2-10-5-6-19(10)8-13-18-11-7-9(14(15,16)17)3-4-12(11)20-13/h3-4,7,10H,2,5-6,8H2,1H3/t10-/m1/s1. The second-order valence-corrected chi connectivity index (χ2v) is 5.11. The van der Waals surface area contributed by atoms with Crippen molar-refractivity contribution < 1.29 is 17.6 Å². The second kappa shape index (κ2) is 4.77. The topological polar surface area (TPSA) is 29.3 Å². The van der Waals surface area contributed by atoms with Crippen LogP contribution in [0.3, 0.4) is 0 Å². The Kier molecular flexibility index (Phi) is 3.20. The molecule has 108 valence electrons. The lowest BCUT2D eigenvalue weighted by molar-refractivity contribution is -0.137. The van der Waals surface area contributed by atoms with Crippen LogP contribution in [0, 0.1) is 0 Å². The summed E-state index contributed by atoms with van der Waals surface area (Å²) in [5.74, 6) is 0.484. The lowest BCUT2D eigenvalue weighted by Crippen LogP contribution is -2.46. The summed E-state index contributed by atoms with van der Waals surface area (Å²) in [4.78, 5) is 6.40. The van der Waals surface area contributed by atoms with Crippen molar-refractivity contribution in [2.75, 3.05) is 6.54 Å². The maximum absolute atomic E-state index is 12.6. The minimum atomic E-state index is -4.35. The largest absolute Gasteiger partial charge is 0.439 e. The van der Waals surface area contributed by atoms with E-state index in [9.17, 15) is 13.2 Å². The Balaban J connectivity index is 1.83. The Hall–Kier alpha value is -1.56. The van der Waals surface area contributed by atoms with Gasteiger partial charge in [-0.25, -0.2) is 4.98 Å². The molecule has 3 rings (SSSR count). The first-order valence-corrected chi connectivity index (χ1v) is 6.68. The van der Waals surface area contributed by atoms with Gasteiger partial charge < -0.3 is 4.42 Å². The number of hydrogen-bond acceptors (Lipinski definition) is 3. The first-order chi connectivity index (χ1) is 9.47. The number of alkyl halides is 3. The molecule has 1 aromatic heterocycles. The van der Waals surface area contributed by atoms with Crippen molar-refractivity contribution in [3.63, 3.8) is 0 Å². The number of oxazole rings is 1. The van der Waals surface area contributed by atoms with Crippen LogP contribution in [0.25, 0.3) is 11.1 Å². The third-order valence-corrected chi connectivity index (χ3v) is 3.83. The zero-order valence-electron chi connectivity index (χ0n) is 11.1. The summed E-state index contributed by atoms with van der Waals surface area (Å²) in [6.45, 7) is 3.68. The highest BCUT2D eigenvalue weighted by atomic mass is 19.4. The fraction of sp³-hybridized carbons (Fsp3) is 0.500. The highest BCUT2D eigenvalue weighted by Crippen LogP contribution is 2.32. The number of likely N-dealkylation sites (tertiary alicyclic amines) is 1. The molecule has 0 saturated carbocycles. The number of halogens is 3. The van der Waals surface area contributed by atoms with Crippen molar-refractivity contribution in [2.45, 2.75) is 38.5 Å². The minimum absolute atomic E-state index is 0.267. The molecule has 2 aromatic rings. The molecule has 0 unspecified atom stereocenters. The molecule has 1 aromatic carbocycles. The van der Waals surface area contributed by atoms with Gasteiger partial charge in [-0.1, -0.05) is 6.92 Å². The monoisotopic (exact) mass is 284 g/mol. The molecule has 1 aliphatic heterocycles. The van der Waals surface area contributed by atoms with Crippen LogP contribution in [0.1, 0.15) is 31.2 Å². The predicted octanol–water partition coefficient (Wildman–Crippen LogP) is 3.83. The van der Waals surface area contributed by atoms with Crippen molar-refractivity contribution in [1.29, 1.82) is 0 Å². The molecule has 0 spiro atoms. The van der Waals surface area contributed by atoms with Gasteiger partial charge in [0.2, 0.25) is 5.89 Å². The van der Waals surface area contributed by atoms with Crippen molar-refractivity contribution in [2.24, 2.45) is 0 Å². The summed E-state index contributed by atoms with van der Waals surface area (Å²) in [7, 11) is 0. The van der Waals surface area contributed by atoms with Crippen LogP contribution in [0.5, 0.6) is 0 Å². The number of fused-ring (bicyclic) bond motifs is 1. The van der Waals surface area contributed by atoms with Crippen LogP contribution in [-0.4, -0.2) is 22.5 Å². The third kappa shape index (κ3) is 2.40. The lowest BCUT2D eigenvalue weighted by atomic mass is 10.0. The molecular formula is C14H15F3N2O. The molecule has 20 heavy (non-hydrogen) atoms. The lowest BCUT2D eigenvalue weighted by Gasteiger charge is -2.39. The summed E-state index contributed by atoms with van der Waals surface area (Å²) >= 11 is 0. The van der Waals surface area contributed by atoms with Crippen LogP contribution >= 0.6 is 0 Å². The number of hydrogen-bond donors (Lipinski definition) is 0. The average Bonchev–Trinajstić information content (AvgIpc) is 2.75. The SMILES string of the molecule is CC[C@@H]1CCN1Cc1nc2cc(C(F)(F)F)ccc2o1. The van der Waals surface area contributed by atoms with Crippen molar-refractivity contribution in [1.82, 2.24) is 9.88 Å². The number of aromatic nitrogens is 1. The van der Waals surface area contributed by atoms with E-state index in [4.69, 9.17) is 4.42 Å². The van der Waals surface area contributed by atoms with Gasteiger partial charge in [0.15, 0.2) is 5.58 Å². The van der Waals surface area contributed by atoms with Gasteiger partial charge in [-0.15, -0.1) is 0 Å². The predicted molar refractivity (Wildman–Crippen MR) is 68.1 cm³/mol. The third-order valence-electron chi connectivity index (χ3n) is 3.83. The molecule has 6 heteroatoms. The first-order valence-electron chi connectivity index (χ1n) is 6.68. The van der Waals surface area contributed by atoms with E-state index in [1.165, 1.54) is 6.07 Å². The van der Waals surface area contributed by atoms with Gasteiger partial charge in [-0.05, 0) is 31.0 Å². The fourth-order valence-corrected chi connectivity index (χ4v) is 2.56. The number of nitrogens with zero attached hydrogens (tertiary/aromatic N) is 2. The van der Waals surface area contributed by atoms with Crippen molar-refractivity contribution in [3.05, 3.63) is 29.7 Å². The van der Waals surface area contributed by atoms with E-state index in [1.54, 1.807) is 0 Å². The molecule has 1 aliphatic rings. The highest BCUT2D eigenvalue weighted by molar-refractivity contribution is 5.73. The van der Waals surface area contributed by atoms with Gasteiger partial charge in [-0.3, -0.25) is 4.90 Å². The van der Waals surface area contributed by atoms with Gasteiger partial charge in [0, 0.05) is 12.6 Å². The van der Waals surface area contributed by atoms with Crippen LogP contribution in [-0.2, 0) is 12.7 Å². The van der Waals surface area contributed by atoms with Gasteiger partial charge in [0.1, 0.15) is 5.52 Å². The average molecular weight is 284 g/mol. The molecule has 0 aliphatic carbocycles. The number of benzene rings is 1. The molecule has 0 amide bonds. The molecule has 1 atom stereocenters. The van der Waals surface area contributed by atoms with Crippen LogP contribution in [0.2, 0.25) is 0 Å². The fourth-order valence-electron chi connectivity index (χ4n) is 2.56. The highest BCUT2D eigenvalue weighted by Gasteiger charge is 2.31. The Bertz CT molecular complexity index is 618. The molecule has 3 nitrogen and oxygen atoms in total. The Morgan fingerprint density at radius 3 is 2.80 bits per heavy atom. The number of rotatable bonds is 3. The smallest absolute Gasteiger partial charge is 0.416 e. The zero-order chi connectivity index (χ0) is 14.3. The van der Waals surface area contributed by atoms with Crippen LogP contribution in [0.4, 0.5) is 13.2 Å². The molecular weight excluding hydrogens is 269 g/mol. The van der Waals surface area contributed by atoms with E-state index >= 15 is 0 Å². The van der Waals surface area contributed by atoms with Gasteiger partial charge in [-0.2, -0.15) is 13.2 Å². The van der Waals surface area contributed by atoms with Crippen LogP contribution < -0.4 is 0 Å². The van der Waals surface area contributed by atoms with E-state index < -0.39 is 11.7 Å². The molecule has 0 N–H and O–H groups in total. The first kappa shape index (κ1) is 13.4. The second-order valence-electron chi connectivity index (χ2n) is 5.11. The zero-order valence-corrected chi connectivity index (χ0v) is 11.1. The van der Waals surface area contributed by atoms with Crippen molar-refractivity contribution in [3.8, 4) is 0 Å². The van der Waals surface area contributed by atoms with Gasteiger partial charge in [0.25, 0.3) is 0 Å². The summed E-state index contributed by atoms with van der Waals surface area (Å²) in [5, 5.41) is 0. The Morgan fingerprint density at radius 2 is 2.20 bits per heavy atom. The van der Waals surface area contributed by atoms with E-state index in [2.05, 4.69) is 16.8 Å². The summed E-state index contributed by atoms with van der Waals surface area (Å²) in [5.41, 5.74) is -0.0230. The van der Waals surface area contributed by atoms with Crippen LogP contribution in [0.15, 0.2) is 22.6 Å². The van der Waals surface area contributed by atoms with Gasteiger partial charge in [0.05, 0.1) is 12.1 Å². The normalized spacial score (nSPS) is 20.3. The molecule has 1 saturated heterocycles. The summed E-state index contributed by atoms with van der Waals surface area (Å²) in [6, 6.07) is 3.93. The Labute approximate surface area is 114 Å². The van der Waals surface area contributed by atoms with Crippen molar-refractivity contribution >= 4 is 11.1 Å². The Morgan fingerprint density at radius 1 is 1.40 bits per heavy atom. The van der Waals surface area contributed by atoms with E-state index in [-0.39, 0.29) is 5.52 Å². The maximum atomic E-state index is 12.6. The molecule has 0 bridgehead atoms. The maximum Gasteiger partial charge on any atom is 0.416 e. The minimum Gasteiger partial charge on any atom is -0.439 e.